The van der Waals surface area contributed by atoms with Crippen LogP contribution in [0.2, 0.25) is 0 Å². The smallest absolute Gasteiger partial charge is 0.322 e. The highest BCUT2D eigenvalue weighted by atomic mass is 32.1. The van der Waals surface area contributed by atoms with Crippen molar-refractivity contribution in [3.8, 4) is 0 Å². The summed E-state index contributed by atoms with van der Waals surface area (Å²) in [6.45, 7) is 1.92. The van der Waals surface area contributed by atoms with Crippen molar-refractivity contribution in [2.75, 3.05) is 6.54 Å². The minimum Gasteiger partial charge on any atom is -0.356 e. The summed E-state index contributed by atoms with van der Waals surface area (Å²) in [4.78, 5) is 35.1. The molecule has 2 heterocycles. The van der Waals surface area contributed by atoms with Crippen LogP contribution in [-0.4, -0.2) is 24.4 Å². The van der Waals surface area contributed by atoms with Crippen LogP contribution >= 0.6 is 11.3 Å². The first-order valence-electron chi connectivity index (χ1n) is 5.96. The summed E-state index contributed by atoms with van der Waals surface area (Å²) in [6, 6.07) is 3.19. The Bertz CT molecular complexity index is 500. The summed E-state index contributed by atoms with van der Waals surface area (Å²) in [5.74, 6) is -0.437. The van der Waals surface area contributed by atoms with Crippen LogP contribution < -0.4 is 16.0 Å². The standard InChI is InChI=1S/C12H15N3O3S/c1-8(16)13-6-3-5-12(9-4-2-7-19-9)10(17)14-11(18)15-12/h2,4,7H,3,5-6H2,1H3,(H,13,16)(H2,14,15,17,18)/t12-/m0/s1. The van der Waals surface area contributed by atoms with E-state index in [1.165, 1.54) is 18.3 Å². The van der Waals surface area contributed by atoms with Crippen molar-refractivity contribution in [2.24, 2.45) is 0 Å². The number of carbonyl (C=O) groups excluding carboxylic acids is 3. The molecule has 3 N–H and O–H groups in total. The van der Waals surface area contributed by atoms with E-state index in [2.05, 4.69) is 16.0 Å². The van der Waals surface area contributed by atoms with Gasteiger partial charge in [0.2, 0.25) is 5.91 Å². The maximum absolute atomic E-state index is 12.1. The fourth-order valence-corrected chi connectivity index (χ4v) is 3.01. The maximum Gasteiger partial charge on any atom is 0.322 e. The average Bonchev–Trinajstić information content (AvgIpc) is 2.94. The molecule has 1 aliphatic heterocycles. The molecule has 1 aromatic rings. The Hall–Kier alpha value is -1.89. The summed E-state index contributed by atoms with van der Waals surface area (Å²) in [6.07, 6.45) is 1.05. The van der Waals surface area contributed by atoms with E-state index in [1.807, 2.05) is 17.5 Å². The zero-order valence-electron chi connectivity index (χ0n) is 10.5. The number of carbonyl (C=O) groups is 3. The van der Waals surface area contributed by atoms with E-state index in [1.54, 1.807) is 0 Å². The number of hydrogen-bond donors (Lipinski definition) is 3. The molecule has 0 bridgehead atoms. The van der Waals surface area contributed by atoms with E-state index in [-0.39, 0.29) is 11.8 Å². The lowest BCUT2D eigenvalue weighted by molar-refractivity contribution is -0.124. The molecule has 1 aliphatic rings. The van der Waals surface area contributed by atoms with Crippen molar-refractivity contribution in [3.63, 3.8) is 0 Å². The van der Waals surface area contributed by atoms with Gasteiger partial charge in [-0.3, -0.25) is 14.9 Å². The predicted octanol–water partition coefficient (Wildman–Crippen LogP) is 0.699. The summed E-state index contributed by atoms with van der Waals surface area (Å²) in [5.41, 5.74) is -0.996. The molecule has 102 valence electrons. The van der Waals surface area contributed by atoms with Crippen molar-refractivity contribution in [1.29, 1.82) is 0 Å². The zero-order chi connectivity index (χ0) is 13.9. The highest BCUT2D eigenvalue weighted by molar-refractivity contribution is 7.10. The fourth-order valence-electron chi connectivity index (χ4n) is 2.10. The summed E-state index contributed by atoms with van der Waals surface area (Å²) in [7, 11) is 0. The number of amides is 4. The molecule has 0 saturated carbocycles. The quantitative estimate of drug-likeness (QED) is 0.548. The van der Waals surface area contributed by atoms with Crippen molar-refractivity contribution >= 4 is 29.2 Å². The van der Waals surface area contributed by atoms with Crippen LogP contribution in [-0.2, 0) is 15.1 Å². The molecular formula is C12H15N3O3S. The van der Waals surface area contributed by atoms with E-state index in [9.17, 15) is 14.4 Å². The molecule has 1 atom stereocenters. The predicted molar refractivity (Wildman–Crippen MR) is 70.6 cm³/mol. The molecule has 0 radical (unpaired) electrons. The second-order valence-corrected chi connectivity index (χ2v) is 5.33. The number of urea groups is 1. The third kappa shape index (κ3) is 2.76. The average molecular weight is 281 g/mol. The van der Waals surface area contributed by atoms with Crippen LogP contribution in [0.3, 0.4) is 0 Å². The van der Waals surface area contributed by atoms with E-state index in [0.717, 1.165) is 4.88 Å². The van der Waals surface area contributed by atoms with E-state index >= 15 is 0 Å². The number of rotatable bonds is 5. The lowest BCUT2D eigenvalue weighted by Crippen LogP contribution is -2.43. The topological polar surface area (TPSA) is 87.3 Å². The van der Waals surface area contributed by atoms with Crippen LogP contribution in [0.1, 0.15) is 24.6 Å². The Kier molecular flexibility index (Phi) is 3.84. The highest BCUT2D eigenvalue weighted by Crippen LogP contribution is 2.32. The summed E-state index contributed by atoms with van der Waals surface area (Å²) in [5, 5.41) is 9.52. The van der Waals surface area contributed by atoms with E-state index in [0.29, 0.717) is 19.4 Å². The van der Waals surface area contributed by atoms with Crippen LogP contribution in [0.5, 0.6) is 0 Å². The first-order valence-corrected chi connectivity index (χ1v) is 6.84. The molecule has 1 fully saturated rings. The minimum absolute atomic E-state index is 0.106. The monoisotopic (exact) mass is 281 g/mol. The molecule has 0 spiro atoms. The second-order valence-electron chi connectivity index (χ2n) is 4.38. The number of thiophene rings is 1. The molecule has 7 heteroatoms. The molecule has 19 heavy (non-hydrogen) atoms. The second kappa shape index (κ2) is 5.40. The van der Waals surface area contributed by atoms with Crippen LogP contribution in [0.15, 0.2) is 17.5 Å². The first kappa shape index (κ1) is 13.5. The Balaban J connectivity index is 2.10. The molecule has 0 aliphatic carbocycles. The Labute approximate surface area is 114 Å². The van der Waals surface area contributed by atoms with Crippen LogP contribution in [0, 0.1) is 0 Å². The van der Waals surface area contributed by atoms with Crippen molar-refractivity contribution in [3.05, 3.63) is 22.4 Å². The van der Waals surface area contributed by atoms with Gasteiger partial charge in [-0.15, -0.1) is 11.3 Å². The molecular weight excluding hydrogens is 266 g/mol. The van der Waals surface area contributed by atoms with Crippen LogP contribution in [0.25, 0.3) is 0 Å². The molecule has 0 aromatic carbocycles. The molecule has 0 unspecified atom stereocenters. The van der Waals surface area contributed by atoms with Gasteiger partial charge in [-0.1, -0.05) is 6.07 Å². The van der Waals surface area contributed by atoms with Crippen molar-refractivity contribution < 1.29 is 14.4 Å². The number of hydrogen-bond acceptors (Lipinski definition) is 4. The van der Waals surface area contributed by atoms with Gasteiger partial charge in [0, 0.05) is 18.3 Å². The molecule has 6 nitrogen and oxygen atoms in total. The number of nitrogens with one attached hydrogen (secondary N) is 3. The third-order valence-corrected chi connectivity index (χ3v) is 4.02. The highest BCUT2D eigenvalue weighted by Gasteiger charge is 2.47. The first-order chi connectivity index (χ1) is 9.04. The van der Waals surface area contributed by atoms with Crippen molar-refractivity contribution in [1.82, 2.24) is 16.0 Å². The maximum atomic E-state index is 12.1. The summed E-state index contributed by atoms with van der Waals surface area (Å²) >= 11 is 1.43. The normalized spacial score (nSPS) is 21.9. The van der Waals surface area contributed by atoms with Crippen molar-refractivity contribution in [2.45, 2.75) is 25.3 Å². The molecule has 2 rings (SSSR count). The minimum atomic E-state index is -0.996. The SMILES string of the molecule is CC(=O)NCCC[C@@]1(c2cccs2)NC(=O)NC1=O. The van der Waals surface area contributed by atoms with E-state index in [4.69, 9.17) is 0 Å². The third-order valence-electron chi connectivity index (χ3n) is 2.99. The number of imide groups is 1. The van der Waals surface area contributed by atoms with E-state index < -0.39 is 11.6 Å². The van der Waals surface area contributed by atoms with Crippen LogP contribution in [0.4, 0.5) is 4.79 Å². The Morgan fingerprint density at radius 1 is 1.47 bits per heavy atom. The summed E-state index contributed by atoms with van der Waals surface area (Å²) < 4.78 is 0. The molecule has 1 saturated heterocycles. The molecule has 4 amide bonds. The fraction of sp³-hybridized carbons (Fsp3) is 0.417. The van der Waals surface area contributed by atoms with Gasteiger partial charge in [0.1, 0.15) is 0 Å². The van der Waals surface area contributed by atoms with Gasteiger partial charge in [-0.05, 0) is 24.3 Å². The lowest BCUT2D eigenvalue weighted by atomic mass is 9.91. The lowest BCUT2D eigenvalue weighted by Gasteiger charge is -2.24. The Morgan fingerprint density at radius 2 is 2.26 bits per heavy atom. The molecule has 1 aromatic heterocycles. The van der Waals surface area contributed by atoms with Gasteiger partial charge in [0.25, 0.3) is 5.91 Å². The van der Waals surface area contributed by atoms with Gasteiger partial charge >= 0.3 is 6.03 Å². The van der Waals surface area contributed by atoms with Gasteiger partial charge in [0.15, 0.2) is 5.54 Å². The van der Waals surface area contributed by atoms with Gasteiger partial charge in [-0.25, -0.2) is 4.79 Å². The van der Waals surface area contributed by atoms with Gasteiger partial charge < -0.3 is 10.6 Å². The Morgan fingerprint density at radius 3 is 2.79 bits per heavy atom. The zero-order valence-corrected chi connectivity index (χ0v) is 11.3. The largest absolute Gasteiger partial charge is 0.356 e. The van der Waals surface area contributed by atoms with Gasteiger partial charge in [0.05, 0.1) is 0 Å². The van der Waals surface area contributed by atoms with Gasteiger partial charge in [-0.2, -0.15) is 0 Å².